The summed E-state index contributed by atoms with van der Waals surface area (Å²) >= 11 is 9.33. The Kier molecular flexibility index (Phi) is 3.62. The fourth-order valence-corrected chi connectivity index (χ4v) is 1.85. The zero-order valence-electron chi connectivity index (χ0n) is 8.61. The smallest absolute Gasteiger partial charge is 0.163 e. The van der Waals surface area contributed by atoms with Gasteiger partial charge in [0.25, 0.3) is 0 Å². The highest BCUT2D eigenvalue weighted by molar-refractivity contribution is 9.10. The Labute approximate surface area is 112 Å². The van der Waals surface area contributed by atoms with Gasteiger partial charge in [0.05, 0.1) is 11.4 Å². The number of aromatic nitrogens is 1. The molecule has 1 aromatic heterocycles. The van der Waals surface area contributed by atoms with Gasteiger partial charge in [0.15, 0.2) is 5.69 Å². The number of hydrogen-bond acceptors (Lipinski definition) is 3. The van der Waals surface area contributed by atoms with Crippen LogP contribution in [0.5, 0.6) is 0 Å². The molecule has 1 aromatic carbocycles. The maximum Gasteiger partial charge on any atom is 0.163 e. The molecule has 5 heteroatoms. The molecule has 2 aromatic rings. The van der Waals surface area contributed by atoms with E-state index in [2.05, 4.69) is 26.2 Å². The molecule has 1 N–H and O–H groups in total. The molecule has 84 valence electrons. The minimum absolute atomic E-state index is 0.347. The summed E-state index contributed by atoms with van der Waals surface area (Å²) in [7, 11) is 0. The van der Waals surface area contributed by atoms with Gasteiger partial charge in [0.1, 0.15) is 6.07 Å². The number of anilines is 2. The molecule has 2 rings (SSSR count). The minimum Gasteiger partial charge on any atom is -0.352 e. The largest absolute Gasteiger partial charge is 0.352 e. The second kappa shape index (κ2) is 5.17. The molecule has 0 radical (unpaired) electrons. The lowest BCUT2D eigenvalue weighted by Crippen LogP contribution is -1.96. The maximum atomic E-state index is 8.93. The van der Waals surface area contributed by atoms with Gasteiger partial charge in [-0.25, -0.2) is 4.98 Å². The van der Waals surface area contributed by atoms with E-state index in [1.807, 2.05) is 12.1 Å². The van der Waals surface area contributed by atoms with E-state index in [9.17, 15) is 0 Å². The molecule has 0 fully saturated rings. The molecule has 0 amide bonds. The molecule has 0 aliphatic heterocycles. The molecule has 1 heterocycles. The third-order valence-electron chi connectivity index (χ3n) is 2.11. The average Bonchev–Trinajstić information content (AvgIpc) is 2.34. The number of hydrogen-bond donors (Lipinski definition) is 1. The zero-order valence-corrected chi connectivity index (χ0v) is 11.0. The van der Waals surface area contributed by atoms with E-state index in [-0.39, 0.29) is 0 Å². The van der Waals surface area contributed by atoms with Crippen molar-refractivity contribution in [2.24, 2.45) is 0 Å². The van der Waals surface area contributed by atoms with E-state index in [4.69, 9.17) is 16.9 Å². The molecule has 0 bridgehead atoms. The van der Waals surface area contributed by atoms with Crippen LogP contribution in [-0.4, -0.2) is 4.98 Å². The van der Waals surface area contributed by atoms with Crippen molar-refractivity contribution in [3.8, 4) is 6.07 Å². The van der Waals surface area contributed by atoms with Crippen LogP contribution in [0.15, 0.2) is 41.0 Å². The Balaban J connectivity index is 2.38. The van der Waals surface area contributed by atoms with E-state index in [1.54, 1.807) is 30.5 Å². The minimum atomic E-state index is 0.347. The molecule has 0 unspecified atom stereocenters. The monoisotopic (exact) mass is 307 g/mol. The maximum absolute atomic E-state index is 8.93. The topological polar surface area (TPSA) is 48.7 Å². The van der Waals surface area contributed by atoms with Gasteiger partial charge in [0.2, 0.25) is 0 Å². The first kappa shape index (κ1) is 11.9. The summed E-state index contributed by atoms with van der Waals surface area (Å²) < 4.78 is 0.870. The third-order valence-corrected chi connectivity index (χ3v) is 3.04. The summed E-state index contributed by atoms with van der Waals surface area (Å²) in [4.78, 5) is 3.97. The number of nitrogens with one attached hydrogen (secondary N) is 1. The van der Waals surface area contributed by atoms with Crippen LogP contribution in [-0.2, 0) is 0 Å². The van der Waals surface area contributed by atoms with Gasteiger partial charge in [-0.15, -0.1) is 0 Å². The molecule has 0 atom stereocenters. The highest BCUT2D eigenvalue weighted by Crippen LogP contribution is 2.29. The zero-order chi connectivity index (χ0) is 12.3. The lowest BCUT2D eigenvalue weighted by Gasteiger charge is -2.09. The van der Waals surface area contributed by atoms with Crippen molar-refractivity contribution in [2.75, 3.05) is 5.32 Å². The molecule has 0 aliphatic rings. The van der Waals surface area contributed by atoms with Crippen LogP contribution in [0.1, 0.15) is 5.69 Å². The van der Waals surface area contributed by atoms with Crippen LogP contribution >= 0.6 is 27.5 Å². The summed E-state index contributed by atoms with van der Waals surface area (Å²) in [5.41, 5.74) is 1.79. The fraction of sp³-hybridized carbons (Fsp3) is 0. The summed E-state index contributed by atoms with van der Waals surface area (Å²) in [6, 6.07) is 11.0. The van der Waals surface area contributed by atoms with Crippen LogP contribution in [0.2, 0.25) is 5.02 Å². The Morgan fingerprint density at radius 1 is 1.29 bits per heavy atom. The highest BCUT2D eigenvalue weighted by atomic mass is 79.9. The average molecular weight is 309 g/mol. The van der Waals surface area contributed by atoms with Crippen molar-refractivity contribution in [1.82, 2.24) is 4.98 Å². The SMILES string of the molecule is N#Cc1ncccc1Nc1cc(Cl)ccc1Br. The second-order valence-corrected chi connectivity index (χ2v) is 4.55. The van der Waals surface area contributed by atoms with Crippen molar-refractivity contribution in [3.63, 3.8) is 0 Å². The predicted molar refractivity (Wildman–Crippen MR) is 71.4 cm³/mol. The van der Waals surface area contributed by atoms with Crippen LogP contribution in [0, 0.1) is 11.3 Å². The molecule has 0 saturated heterocycles. The summed E-state index contributed by atoms with van der Waals surface area (Å²) in [5, 5.41) is 12.7. The number of halogens is 2. The molecule has 3 nitrogen and oxygen atoms in total. The summed E-state index contributed by atoms with van der Waals surface area (Å²) in [6.07, 6.45) is 1.58. The Morgan fingerprint density at radius 3 is 2.88 bits per heavy atom. The van der Waals surface area contributed by atoms with Gasteiger partial charge in [-0.3, -0.25) is 0 Å². The first-order valence-electron chi connectivity index (χ1n) is 4.78. The molecule has 0 saturated carbocycles. The Bertz CT molecular complexity index is 593. The normalized spacial score (nSPS) is 9.71. The van der Waals surface area contributed by atoms with E-state index in [0.29, 0.717) is 16.4 Å². The Hall–Kier alpha value is -1.57. The van der Waals surface area contributed by atoms with Gasteiger partial charge in [-0.2, -0.15) is 5.26 Å². The van der Waals surface area contributed by atoms with Crippen molar-refractivity contribution in [3.05, 3.63) is 51.7 Å². The fourth-order valence-electron chi connectivity index (χ4n) is 1.33. The number of pyridine rings is 1. The third kappa shape index (κ3) is 2.76. The standard InChI is InChI=1S/C12H7BrClN3/c13-9-4-3-8(14)6-11(9)17-10-2-1-5-16-12(10)7-15/h1-6,17H. The van der Waals surface area contributed by atoms with Crippen molar-refractivity contribution in [1.29, 1.82) is 5.26 Å². The van der Waals surface area contributed by atoms with Gasteiger partial charge >= 0.3 is 0 Å². The first-order valence-corrected chi connectivity index (χ1v) is 5.95. The molecule has 0 aliphatic carbocycles. The van der Waals surface area contributed by atoms with E-state index in [0.717, 1.165) is 10.2 Å². The molecular weight excluding hydrogens is 302 g/mol. The van der Waals surface area contributed by atoms with E-state index in [1.165, 1.54) is 0 Å². The van der Waals surface area contributed by atoms with Gasteiger partial charge in [-0.05, 0) is 46.3 Å². The number of nitriles is 1. The summed E-state index contributed by atoms with van der Waals surface area (Å²) in [5.74, 6) is 0. The first-order chi connectivity index (χ1) is 8.20. The van der Waals surface area contributed by atoms with Gasteiger partial charge in [0, 0.05) is 15.7 Å². The highest BCUT2D eigenvalue weighted by Gasteiger charge is 2.05. The lowest BCUT2D eigenvalue weighted by molar-refractivity contribution is 1.26. The quantitative estimate of drug-likeness (QED) is 0.908. The van der Waals surface area contributed by atoms with Crippen LogP contribution in [0.3, 0.4) is 0 Å². The van der Waals surface area contributed by atoms with Crippen LogP contribution < -0.4 is 5.32 Å². The van der Waals surface area contributed by atoms with E-state index >= 15 is 0 Å². The van der Waals surface area contributed by atoms with Crippen molar-refractivity contribution >= 4 is 38.9 Å². The Morgan fingerprint density at radius 2 is 2.12 bits per heavy atom. The number of benzene rings is 1. The predicted octanol–water partition coefficient (Wildman–Crippen LogP) is 4.11. The number of rotatable bonds is 2. The van der Waals surface area contributed by atoms with Gasteiger partial charge < -0.3 is 5.32 Å². The molecular formula is C12H7BrClN3. The van der Waals surface area contributed by atoms with Gasteiger partial charge in [-0.1, -0.05) is 11.6 Å². The van der Waals surface area contributed by atoms with Crippen molar-refractivity contribution in [2.45, 2.75) is 0 Å². The van der Waals surface area contributed by atoms with Crippen LogP contribution in [0.25, 0.3) is 0 Å². The van der Waals surface area contributed by atoms with Crippen molar-refractivity contribution < 1.29 is 0 Å². The second-order valence-electron chi connectivity index (χ2n) is 3.26. The molecule has 17 heavy (non-hydrogen) atoms. The summed E-state index contributed by atoms with van der Waals surface area (Å²) in [6.45, 7) is 0. The van der Waals surface area contributed by atoms with Crippen LogP contribution in [0.4, 0.5) is 11.4 Å². The number of nitrogens with zero attached hydrogens (tertiary/aromatic N) is 2. The molecule has 0 spiro atoms. The lowest BCUT2D eigenvalue weighted by atomic mass is 10.2. The van der Waals surface area contributed by atoms with E-state index < -0.39 is 0 Å².